The van der Waals surface area contributed by atoms with E-state index in [1.165, 1.54) is 18.2 Å². The van der Waals surface area contributed by atoms with Crippen LogP contribution in [0.5, 0.6) is 0 Å². The van der Waals surface area contributed by atoms with E-state index in [1.54, 1.807) is 0 Å². The minimum atomic E-state index is -0.207. The second-order valence-corrected chi connectivity index (χ2v) is 5.74. The number of piperazine rings is 2. The van der Waals surface area contributed by atoms with Gasteiger partial charge < -0.3 is 10.2 Å². The summed E-state index contributed by atoms with van der Waals surface area (Å²) >= 11 is 0. The fraction of sp³-hybridized carbons (Fsp3) is 0.438. The number of amides is 1. The summed E-state index contributed by atoms with van der Waals surface area (Å²) < 4.78 is 13.0. The predicted octanol–water partition coefficient (Wildman–Crippen LogP) is 0.996. The van der Waals surface area contributed by atoms with Crippen molar-refractivity contribution in [1.82, 2.24) is 15.1 Å². The highest BCUT2D eigenvalue weighted by molar-refractivity contribution is 5.87. The van der Waals surface area contributed by atoms with Crippen LogP contribution in [0.2, 0.25) is 0 Å². The summed E-state index contributed by atoms with van der Waals surface area (Å²) in [7, 11) is 0. The molecule has 2 fully saturated rings. The molecule has 2 bridgehead atoms. The van der Waals surface area contributed by atoms with Gasteiger partial charge in [0.25, 0.3) is 0 Å². The lowest BCUT2D eigenvalue weighted by Gasteiger charge is -2.50. The van der Waals surface area contributed by atoms with E-state index in [4.69, 9.17) is 0 Å². The summed E-state index contributed by atoms with van der Waals surface area (Å²) in [5.74, 6) is -0.186. The zero-order chi connectivity index (χ0) is 14.8. The molecule has 0 aliphatic carbocycles. The molecule has 2 heterocycles. The lowest BCUT2D eigenvalue weighted by atomic mass is 10.0. The summed E-state index contributed by atoms with van der Waals surface area (Å²) in [5, 5.41) is 3.38. The van der Waals surface area contributed by atoms with Gasteiger partial charge in [-0.2, -0.15) is 0 Å². The molecular formula is C16H20FN3O. The van der Waals surface area contributed by atoms with Crippen LogP contribution in [0.15, 0.2) is 36.9 Å². The fourth-order valence-electron chi connectivity index (χ4n) is 3.33. The fourth-order valence-corrected chi connectivity index (χ4v) is 3.33. The van der Waals surface area contributed by atoms with Crippen LogP contribution in [-0.4, -0.2) is 54.0 Å². The predicted molar refractivity (Wildman–Crippen MR) is 79.2 cm³/mol. The van der Waals surface area contributed by atoms with Crippen molar-refractivity contribution in [3.63, 3.8) is 0 Å². The van der Waals surface area contributed by atoms with E-state index in [0.717, 1.165) is 38.3 Å². The Morgan fingerprint density at radius 2 is 1.90 bits per heavy atom. The Balaban J connectivity index is 1.69. The van der Waals surface area contributed by atoms with Crippen molar-refractivity contribution in [2.75, 3.05) is 26.2 Å². The number of carbonyl (C=O) groups is 1. The maximum atomic E-state index is 13.0. The quantitative estimate of drug-likeness (QED) is 0.843. The van der Waals surface area contributed by atoms with Gasteiger partial charge in [0.1, 0.15) is 5.82 Å². The van der Waals surface area contributed by atoms with Crippen LogP contribution in [0.3, 0.4) is 0 Å². The van der Waals surface area contributed by atoms with Gasteiger partial charge in [0.15, 0.2) is 0 Å². The normalized spacial score (nSPS) is 25.7. The standard InChI is InChI=1S/C16H20FN3O/c1-2-16(21)20-14-7-18-8-15(20)11-19(10-14)9-12-3-5-13(17)6-4-12/h2-6,14-15,18H,1,7-11H2. The zero-order valence-electron chi connectivity index (χ0n) is 12.0. The van der Waals surface area contributed by atoms with Crippen molar-refractivity contribution >= 4 is 5.91 Å². The maximum absolute atomic E-state index is 13.0. The Labute approximate surface area is 124 Å². The van der Waals surface area contributed by atoms with Gasteiger partial charge in [-0.05, 0) is 23.8 Å². The molecule has 112 valence electrons. The topological polar surface area (TPSA) is 35.6 Å². The molecule has 2 aliphatic rings. The first-order valence-electron chi connectivity index (χ1n) is 7.29. The summed E-state index contributed by atoms with van der Waals surface area (Å²) in [6.07, 6.45) is 1.40. The number of nitrogens with zero attached hydrogens (tertiary/aromatic N) is 2. The molecular weight excluding hydrogens is 269 g/mol. The van der Waals surface area contributed by atoms with Crippen LogP contribution >= 0.6 is 0 Å². The van der Waals surface area contributed by atoms with E-state index in [9.17, 15) is 9.18 Å². The summed E-state index contributed by atoms with van der Waals surface area (Å²) in [6, 6.07) is 7.01. The largest absolute Gasteiger partial charge is 0.328 e. The molecule has 0 aromatic heterocycles. The summed E-state index contributed by atoms with van der Waals surface area (Å²) in [4.78, 5) is 16.3. The smallest absolute Gasteiger partial charge is 0.246 e. The minimum absolute atomic E-state index is 0.0212. The van der Waals surface area contributed by atoms with Gasteiger partial charge >= 0.3 is 0 Å². The van der Waals surface area contributed by atoms with E-state index in [2.05, 4.69) is 16.8 Å². The van der Waals surface area contributed by atoms with Crippen LogP contribution in [0.4, 0.5) is 4.39 Å². The SMILES string of the molecule is C=CC(=O)N1C2CNCC1CN(Cc1ccc(F)cc1)C2. The Bertz CT molecular complexity index is 517. The number of benzene rings is 1. The Kier molecular flexibility index (Phi) is 4.03. The van der Waals surface area contributed by atoms with Gasteiger partial charge in [0.2, 0.25) is 5.91 Å². The third-order valence-electron chi connectivity index (χ3n) is 4.23. The average molecular weight is 289 g/mol. The molecule has 1 aromatic carbocycles. The van der Waals surface area contributed by atoms with Crippen LogP contribution in [0.1, 0.15) is 5.56 Å². The third-order valence-corrected chi connectivity index (χ3v) is 4.23. The van der Waals surface area contributed by atoms with Crippen LogP contribution in [0, 0.1) is 5.82 Å². The Hall–Kier alpha value is -1.72. The van der Waals surface area contributed by atoms with E-state index in [-0.39, 0.29) is 23.8 Å². The lowest BCUT2D eigenvalue weighted by molar-refractivity contribution is -0.136. The van der Waals surface area contributed by atoms with Gasteiger partial charge in [-0.3, -0.25) is 9.69 Å². The van der Waals surface area contributed by atoms with Crippen molar-refractivity contribution in [2.24, 2.45) is 0 Å². The number of hydrogen-bond donors (Lipinski definition) is 1. The van der Waals surface area contributed by atoms with Crippen LogP contribution in [0.25, 0.3) is 0 Å². The average Bonchev–Trinajstić information content (AvgIpc) is 2.48. The highest BCUT2D eigenvalue weighted by atomic mass is 19.1. The van der Waals surface area contributed by atoms with E-state index in [1.807, 2.05) is 17.0 Å². The van der Waals surface area contributed by atoms with Crippen LogP contribution < -0.4 is 5.32 Å². The van der Waals surface area contributed by atoms with Gasteiger partial charge in [-0.25, -0.2) is 4.39 Å². The van der Waals surface area contributed by atoms with E-state index < -0.39 is 0 Å². The molecule has 2 saturated heterocycles. The Morgan fingerprint density at radius 1 is 1.29 bits per heavy atom. The molecule has 5 heteroatoms. The number of nitrogens with one attached hydrogen (secondary N) is 1. The lowest BCUT2D eigenvalue weighted by Crippen LogP contribution is -2.68. The van der Waals surface area contributed by atoms with Gasteiger partial charge in [0.05, 0.1) is 12.1 Å². The molecule has 2 atom stereocenters. The summed E-state index contributed by atoms with van der Waals surface area (Å²) in [6.45, 7) is 7.69. The molecule has 2 unspecified atom stereocenters. The molecule has 1 N–H and O–H groups in total. The van der Waals surface area contributed by atoms with Gasteiger partial charge in [-0.15, -0.1) is 0 Å². The van der Waals surface area contributed by atoms with E-state index in [0.29, 0.717) is 0 Å². The molecule has 3 rings (SSSR count). The van der Waals surface area contributed by atoms with Crippen LogP contribution in [-0.2, 0) is 11.3 Å². The molecule has 4 nitrogen and oxygen atoms in total. The number of fused-ring (bicyclic) bond motifs is 2. The zero-order valence-corrected chi connectivity index (χ0v) is 12.0. The molecule has 21 heavy (non-hydrogen) atoms. The molecule has 1 amide bonds. The molecule has 0 radical (unpaired) electrons. The first-order chi connectivity index (χ1) is 10.2. The molecule has 1 aromatic rings. The Morgan fingerprint density at radius 3 is 2.48 bits per heavy atom. The number of halogens is 1. The molecule has 0 spiro atoms. The molecule has 0 saturated carbocycles. The number of carbonyl (C=O) groups excluding carboxylic acids is 1. The van der Waals surface area contributed by atoms with Crippen molar-refractivity contribution in [2.45, 2.75) is 18.6 Å². The monoisotopic (exact) mass is 289 g/mol. The molecule has 2 aliphatic heterocycles. The third kappa shape index (κ3) is 2.99. The minimum Gasteiger partial charge on any atom is -0.328 e. The van der Waals surface area contributed by atoms with Crippen molar-refractivity contribution in [1.29, 1.82) is 0 Å². The van der Waals surface area contributed by atoms with Gasteiger partial charge in [0, 0.05) is 32.7 Å². The van der Waals surface area contributed by atoms with Crippen molar-refractivity contribution in [3.05, 3.63) is 48.3 Å². The van der Waals surface area contributed by atoms with Gasteiger partial charge in [-0.1, -0.05) is 18.7 Å². The maximum Gasteiger partial charge on any atom is 0.246 e. The van der Waals surface area contributed by atoms with Crippen molar-refractivity contribution in [3.8, 4) is 0 Å². The summed E-state index contributed by atoms with van der Waals surface area (Å²) in [5.41, 5.74) is 1.10. The second-order valence-electron chi connectivity index (χ2n) is 5.74. The van der Waals surface area contributed by atoms with Crippen molar-refractivity contribution < 1.29 is 9.18 Å². The highest BCUT2D eigenvalue weighted by Crippen LogP contribution is 2.21. The number of hydrogen-bond acceptors (Lipinski definition) is 3. The first-order valence-corrected chi connectivity index (χ1v) is 7.29. The van der Waals surface area contributed by atoms with E-state index >= 15 is 0 Å². The number of rotatable bonds is 3. The highest BCUT2D eigenvalue weighted by Gasteiger charge is 2.38. The first kappa shape index (κ1) is 14.2. The second kappa shape index (κ2) is 5.95.